The fourth-order valence-electron chi connectivity index (χ4n) is 7.91. The van der Waals surface area contributed by atoms with Gasteiger partial charge in [0.05, 0.1) is 29.6 Å². The molecular weight excluding hydrogens is 815 g/mol. The van der Waals surface area contributed by atoms with Crippen LogP contribution >= 0.6 is 0 Å². The van der Waals surface area contributed by atoms with Gasteiger partial charge in [-0.05, 0) is 67.8 Å². The number of nitrogens with zero attached hydrogens (tertiary/aromatic N) is 6. The third-order valence-corrected chi connectivity index (χ3v) is 11.9. The molecule has 326 valence electrons. The lowest BCUT2D eigenvalue weighted by Crippen LogP contribution is -2.54. The van der Waals surface area contributed by atoms with E-state index in [2.05, 4.69) is 46.0 Å². The maximum absolute atomic E-state index is 13.3. The van der Waals surface area contributed by atoms with Gasteiger partial charge in [0.2, 0.25) is 23.7 Å². The van der Waals surface area contributed by atoms with Crippen LogP contribution in [0.5, 0.6) is 5.75 Å². The van der Waals surface area contributed by atoms with Crippen molar-refractivity contribution >= 4 is 62.3 Å². The number of piperazine rings is 1. The zero-order chi connectivity index (χ0) is 43.8. The average molecular weight is 866 g/mol. The number of ether oxygens (including phenoxy) is 1. The van der Waals surface area contributed by atoms with Gasteiger partial charge >= 0.3 is 0 Å². The van der Waals surface area contributed by atoms with Gasteiger partial charge < -0.3 is 25.6 Å². The van der Waals surface area contributed by atoms with Crippen LogP contribution in [0.2, 0.25) is 0 Å². The van der Waals surface area contributed by atoms with E-state index in [-0.39, 0.29) is 35.6 Å². The van der Waals surface area contributed by atoms with Crippen LogP contribution in [-0.2, 0) is 29.9 Å². The second kappa shape index (κ2) is 19.5. The van der Waals surface area contributed by atoms with E-state index < -0.39 is 39.4 Å². The second-order valence-electron chi connectivity index (χ2n) is 15.6. The van der Waals surface area contributed by atoms with Crippen LogP contribution in [0, 0.1) is 4.78 Å². The highest BCUT2D eigenvalue weighted by molar-refractivity contribution is 7.90. The number of imide groups is 2. The SMILES string of the molecule is COc1cc(N2CCN(CCCCCC(=O)NCCNc3cccc4c3C(=O)N(C3CCC(=O)NC3=O)C4=O)CC2)ccc1-c1ncnc(Nc2cccc(CS(C)(=N)=O)c2)n1. The fraction of sp³-hybridized carbons (Fsp3) is 0.395. The van der Waals surface area contributed by atoms with Crippen molar-refractivity contribution in [1.29, 1.82) is 4.78 Å². The molecule has 2 fully saturated rings. The molecule has 0 spiro atoms. The molecule has 62 heavy (non-hydrogen) atoms. The molecule has 0 saturated carbocycles. The van der Waals surface area contributed by atoms with Gasteiger partial charge in [0.1, 0.15) is 18.1 Å². The number of anilines is 4. The number of piperidine rings is 1. The van der Waals surface area contributed by atoms with Gasteiger partial charge in [-0.3, -0.25) is 43.9 Å². The smallest absolute Gasteiger partial charge is 0.264 e. The lowest BCUT2D eigenvalue weighted by atomic mass is 10.0. The zero-order valence-electron chi connectivity index (χ0n) is 34.8. The van der Waals surface area contributed by atoms with E-state index in [1.54, 1.807) is 25.3 Å². The van der Waals surface area contributed by atoms with Gasteiger partial charge in [-0.2, -0.15) is 4.98 Å². The molecule has 5 N–H and O–H groups in total. The fourth-order valence-corrected chi connectivity index (χ4v) is 8.73. The first-order chi connectivity index (χ1) is 29.9. The standard InChI is InChI=1S/C43H51N11O7S/c1-61-35-25-30(13-14-31(35)39-47-27-48-43(51-39)49-29-9-6-8-28(24-29)26-62(2,44)60)53-22-20-52(21-23-53)19-5-3-4-12-36(55)46-18-17-45-33-11-7-10-32-38(33)42(59)54(41(32)58)34-15-16-37(56)50-40(34)57/h6-11,13-14,24-25,27,34,44-45H,3-5,12,15-23,26H2,1-2H3,(H,46,55)(H,50,56,57)(H,47,48,49,51). The third-order valence-electron chi connectivity index (χ3n) is 11.0. The minimum Gasteiger partial charge on any atom is -0.496 e. The molecule has 4 aromatic rings. The lowest BCUT2D eigenvalue weighted by Gasteiger charge is -2.36. The minimum absolute atomic E-state index is 0.0499. The van der Waals surface area contributed by atoms with Crippen molar-refractivity contribution in [3.63, 3.8) is 0 Å². The van der Waals surface area contributed by atoms with Crippen LogP contribution in [0.4, 0.5) is 23.0 Å². The molecule has 3 aliphatic heterocycles. The highest BCUT2D eigenvalue weighted by Gasteiger charge is 2.45. The highest BCUT2D eigenvalue weighted by Crippen LogP contribution is 2.34. The van der Waals surface area contributed by atoms with Crippen molar-refractivity contribution < 1.29 is 32.9 Å². The first-order valence-corrected chi connectivity index (χ1v) is 22.8. The van der Waals surface area contributed by atoms with Crippen LogP contribution in [0.25, 0.3) is 11.4 Å². The predicted molar refractivity (Wildman–Crippen MR) is 234 cm³/mol. The summed E-state index contributed by atoms with van der Waals surface area (Å²) in [5, 5.41) is 11.4. The summed E-state index contributed by atoms with van der Waals surface area (Å²) in [5.74, 6) is -0.682. The highest BCUT2D eigenvalue weighted by atomic mass is 32.2. The molecule has 5 amide bonds. The summed E-state index contributed by atoms with van der Waals surface area (Å²) < 4.78 is 25.5. The monoisotopic (exact) mass is 865 g/mol. The summed E-state index contributed by atoms with van der Waals surface area (Å²) in [6, 6.07) is 17.2. The molecule has 3 aromatic carbocycles. The summed E-state index contributed by atoms with van der Waals surface area (Å²) in [5.41, 5.74) is 4.10. The maximum atomic E-state index is 13.3. The molecular formula is C43H51N11O7S. The van der Waals surface area contributed by atoms with E-state index in [1.165, 1.54) is 12.6 Å². The Labute approximate surface area is 360 Å². The van der Waals surface area contributed by atoms with E-state index in [0.29, 0.717) is 48.4 Å². The van der Waals surface area contributed by atoms with E-state index in [9.17, 15) is 28.2 Å². The normalized spacial score (nSPS) is 17.6. The van der Waals surface area contributed by atoms with Crippen LogP contribution in [0.1, 0.15) is 64.8 Å². The van der Waals surface area contributed by atoms with Crippen LogP contribution in [-0.4, -0.2) is 124 Å². The summed E-state index contributed by atoms with van der Waals surface area (Å²) in [4.78, 5) is 81.9. The summed E-state index contributed by atoms with van der Waals surface area (Å²) >= 11 is 0. The van der Waals surface area contributed by atoms with Gasteiger partial charge in [0.25, 0.3) is 11.8 Å². The maximum Gasteiger partial charge on any atom is 0.264 e. The van der Waals surface area contributed by atoms with Crippen molar-refractivity contribution in [2.45, 2.75) is 50.3 Å². The Kier molecular flexibility index (Phi) is 13.7. The number of carbonyl (C=O) groups excluding carboxylic acids is 5. The Bertz CT molecular complexity index is 2460. The zero-order valence-corrected chi connectivity index (χ0v) is 35.6. The number of rotatable bonds is 18. The molecule has 0 bridgehead atoms. The van der Waals surface area contributed by atoms with E-state index in [1.807, 2.05) is 42.5 Å². The number of aromatic nitrogens is 3. The van der Waals surface area contributed by atoms with Gasteiger partial charge in [-0.1, -0.05) is 24.6 Å². The van der Waals surface area contributed by atoms with Crippen molar-refractivity contribution in [2.24, 2.45) is 0 Å². The van der Waals surface area contributed by atoms with E-state index in [4.69, 9.17) is 9.52 Å². The molecule has 19 heteroatoms. The van der Waals surface area contributed by atoms with Gasteiger partial charge in [-0.25, -0.2) is 14.2 Å². The average Bonchev–Trinajstić information content (AvgIpc) is 3.50. The lowest BCUT2D eigenvalue weighted by molar-refractivity contribution is -0.136. The topological polar surface area (TPSA) is 232 Å². The van der Waals surface area contributed by atoms with Crippen molar-refractivity contribution in [2.75, 3.05) is 74.7 Å². The first-order valence-electron chi connectivity index (χ1n) is 20.6. The van der Waals surface area contributed by atoms with E-state index >= 15 is 0 Å². The molecule has 2 unspecified atom stereocenters. The Morgan fingerprint density at radius 2 is 1.74 bits per heavy atom. The molecule has 4 heterocycles. The Hall–Kier alpha value is -6.47. The number of nitrogens with one attached hydrogen (secondary N) is 5. The Morgan fingerprint density at radius 1 is 0.935 bits per heavy atom. The number of unbranched alkanes of at least 4 members (excludes halogenated alkanes) is 2. The molecule has 1 aromatic heterocycles. The number of benzene rings is 3. The molecule has 2 saturated heterocycles. The van der Waals surface area contributed by atoms with Crippen LogP contribution < -0.4 is 30.9 Å². The second-order valence-corrected chi connectivity index (χ2v) is 17.9. The number of fused-ring (bicyclic) bond motifs is 1. The summed E-state index contributed by atoms with van der Waals surface area (Å²) in [6.07, 6.45) is 6.09. The molecule has 2 atom stereocenters. The molecule has 7 rings (SSSR count). The molecule has 3 aliphatic rings. The number of carbonyl (C=O) groups is 5. The van der Waals surface area contributed by atoms with E-state index in [0.717, 1.165) is 73.7 Å². The summed E-state index contributed by atoms with van der Waals surface area (Å²) in [6.45, 7) is 5.16. The Morgan fingerprint density at radius 3 is 2.52 bits per heavy atom. The third kappa shape index (κ3) is 10.7. The molecule has 18 nitrogen and oxygen atoms in total. The van der Waals surface area contributed by atoms with Crippen LogP contribution in [0.3, 0.4) is 0 Å². The Balaban J connectivity index is 0.800. The van der Waals surface area contributed by atoms with Crippen molar-refractivity contribution in [3.8, 4) is 17.1 Å². The van der Waals surface area contributed by atoms with Crippen molar-refractivity contribution in [1.82, 2.24) is 35.4 Å². The summed E-state index contributed by atoms with van der Waals surface area (Å²) in [7, 11) is -1.05. The number of methoxy groups -OCH3 is 1. The largest absolute Gasteiger partial charge is 0.496 e. The number of hydrogen-bond acceptors (Lipinski definition) is 15. The molecule has 0 aliphatic carbocycles. The minimum atomic E-state index is -2.68. The quantitative estimate of drug-likeness (QED) is 0.0708. The van der Waals surface area contributed by atoms with Crippen LogP contribution in [0.15, 0.2) is 67.0 Å². The number of hydrogen-bond donors (Lipinski definition) is 5. The molecule has 0 radical (unpaired) electrons. The van der Waals surface area contributed by atoms with Crippen molar-refractivity contribution in [3.05, 3.63) is 83.7 Å². The predicted octanol–water partition coefficient (Wildman–Crippen LogP) is 3.78. The number of amides is 5. The van der Waals surface area contributed by atoms with Gasteiger partial charge in [-0.15, -0.1) is 0 Å². The van der Waals surface area contributed by atoms with Gasteiger partial charge in [0.15, 0.2) is 5.82 Å². The first kappa shape index (κ1) is 43.6. The van der Waals surface area contributed by atoms with Gasteiger partial charge in [0, 0.05) is 91.2 Å².